The van der Waals surface area contributed by atoms with Gasteiger partial charge in [0.15, 0.2) is 5.76 Å². The molecule has 2 aromatic rings. The fourth-order valence-electron chi connectivity index (χ4n) is 3.45. The number of nitrogens with zero attached hydrogens (tertiary/aromatic N) is 3. The van der Waals surface area contributed by atoms with E-state index in [4.69, 9.17) is 4.42 Å². The molecule has 6 heteroatoms. The molecule has 1 aliphatic heterocycles. The maximum atomic E-state index is 12.6. The minimum Gasteiger partial charge on any atom is -0.454 e. The second-order valence-corrected chi connectivity index (χ2v) is 7.30. The van der Waals surface area contributed by atoms with Crippen LogP contribution in [-0.4, -0.2) is 44.9 Å². The summed E-state index contributed by atoms with van der Waals surface area (Å²) >= 11 is 0. The first-order valence-electron chi connectivity index (χ1n) is 9.06. The minimum atomic E-state index is -0.262. The van der Waals surface area contributed by atoms with Gasteiger partial charge in [-0.25, -0.2) is 0 Å². The highest BCUT2D eigenvalue weighted by Crippen LogP contribution is 2.25. The van der Waals surface area contributed by atoms with Crippen LogP contribution in [0.15, 0.2) is 35.0 Å². The fourth-order valence-corrected chi connectivity index (χ4v) is 3.45. The first-order chi connectivity index (χ1) is 12.0. The van der Waals surface area contributed by atoms with Gasteiger partial charge in [0.1, 0.15) is 5.76 Å². The van der Waals surface area contributed by atoms with Crippen molar-refractivity contribution >= 4 is 5.91 Å². The number of furan rings is 1. The number of rotatable bonds is 6. The Balaban J connectivity index is 1.53. The van der Waals surface area contributed by atoms with E-state index in [1.54, 1.807) is 16.9 Å². The number of aliphatic hydroxyl groups excluding tert-OH is 1. The topological polar surface area (TPSA) is 71.5 Å². The summed E-state index contributed by atoms with van der Waals surface area (Å²) in [6, 6.07) is 5.42. The molecule has 1 saturated heterocycles. The quantitative estimate of drug-likeness (QED) is 0.874. The number of hydrogen-bond donors (Lipinski definition) is 1. The van der Waals surface area contributed by atoms with Crippen LogP contribution in [0.25, 0.3) is 0 Å². The van der Waals surface area contributed by atoms with Crippen LogP contribution in [0.3, 0.4) is 0 Å². The van der Waals surface area contributed by atoms with Crippen molar-refractivity contribution < 1.29 is 14.3 Å². The number of amides is 1. The Morgan fingerprint density at radius 3 is 2.76 bits per heavy atom. The highest BCUT2D eigenvalue weighted by Gasteiger charge is 2.29. The molecule has 1 aliphatic rings. The minimum absolute atomic E-state index is 0.0662. The normalized spacial score (nSPS) is 17.2. The van der Waals surface area contributed by atoms with Gasteiger partial charge < -0.3 is 14.4 Å². The van der Waals surface area contributed by atoms with Crippen molar-refractivity contribution in [3.63, 3.8) is 0 Å². The van der Waals surface area contributed by atoms with Crippen molar-refractivity contribution in [1.29, 1.82) is 0 Å². The molecule has 1 unspecified atom stereocenters. The summed E-state index contributed by atoms with van der Waals surface area (Å²) in [6.07, 6.45) is 5.83. The molecule has 1 N–H and O–H groups in total. The zero-order valence-electron chi connectivity index (χ0n) is 15.0. The number of hydrogen-bond acceptors (Lipinski definition) is 4. The predicted octanol–water partition coefficient (Wildman–Crippen LogP) is 2.78. The van der Waals surface area contributed by atoms with Crippen molar-refractivity contribution in [2.45, 2.75) is 45.8 Å². The molecule has 3 heterocycles. The van der Waals surface area contributed by atoms with Gasteiger partial charge in [-0.15, -0.1) is 0 Å². The Labute approximate surface area is 148 Å². The molecule has 6 nitrogen and oxygen atoms in total. The molecule has 1 amide bonds. The van der Waals surface area contributed by atoms with Crippen molar-refractivity contribution in [1.82, 2.24) is 14.7 Å². The molecule has 136 valence electrons. The van der Waals surface area contributed by atoms with Gasteiger partial charge in [-0.2, -0.15) is 5.10 Å². The molecule has 1 fully saturated rings. The predicted molar refractivity (Wildman–Crippen MR) is 94.1 cm³/mol. The van der Waals surface area contributed by atoms with Crippen LogP contribution in [-0.2, 0) is 6.54 Å². The molecule has 3 rings (SSSR count). The zero-order valence-corrected chi connectivity index (χ0v) is 15.0. The molecule has 2 aromatic heterocycles. The van der Waals surface area contributed by atoms with Crippen molar-refractivity contribution in [2.75, 3.05) is 13.1 Å². The second-order valence-electron chi connectivity index (χ2n) is 7.30. The summed E-state index contributed by atoms with van der Waals surface area (Å²) in [5.74, 6) is 1.81. The van der Waals surface area contributed by atoms with Gasteiger partial charge in [0.05, 0.1) is 12.6 Å². The Bertz CT molecular complexity index is 670. The van der Waals surface area contributed by atoms with E-state index in [2.05, 4.69) is 18.9 Å². The molecule has 1 atom stereocenters. The lowest BCUT2D eigenvalue weighted by Crippen LogP contribution is -2.41. The SMILES string of the molecule is CC(C)CC(O)C1CCN(C(=O)c2ccc(Cn3cccn3)o2)CC1. The van der Waals surface area contributed by atoms with E-state index in [0.717, 1.165) is 19.3 Å². The van der Waals surface area contributed by atoms with Crippen LogP contribution >= 0.6 is 0 Å². The molecule has 0 saturated carbocycles. The summed E-state index contributed by atoms with van der Waals surface area (Å²) in [5.41, 5.74) is 0. The van der Waals surface area contributed by atoms with E-state index in [9.17, 15) is 9.90 Å². The first-order valence-corrected chi connectivity index (χ1v) is 9.06. The monoisotopic (exact) mass is 345 g/mol. The highest BCUT2D eigenvalue weighted by atomic mass is 16.4. The third kappa shape index (κ3) is 4.51. The summed E-state index contributed by atoms with van der Waals surface area (Å²) < 4.78 is 7.46. The summed E-state index contributed by atoms with van der Waals surface area (Å²) in [6.45, 7) is 6.12. The third-order valence-electron chi connectivity index (χ3n) is 4.83. The maximum Gasteiger partial charge on any atom is 0.289 e. The molecule has 0 spiro atoms. The van der Waals surface area contributed by atoms with Crippen molar-refractivity contribution in [3.05, 3.63) is 42.1 Å². The van der Waals surface area contributed by atoms with Gasteiger partial charge >= 0.3 is 0 Å². The average molecular weight is 345 g/mol. The zero-order chi connectivity index (χ0) is 17.8. The van der Waals surface area contributed by atoms with Gasteiger partial charge in [-0.1, -0.05) is 13.8 Å². The van der Waals surface area contributed by atoms with Crippen molar-refractivity contribution in [2.24, 2.45) is 11.8 Å². The van der Waals surface area contributed by atoms with E-state index in [0.29, 0.717) is 43.0 Å². The fraction of sp³-hybridized carbons (Fsp3) is 0.579. The number of carbonyl (C=O) groups is 1. The van der Waals surface area contributed by atoms with Crippen LogP contribution < -0.4 is 0 Å². The number of likely N-dealkylation sites (tertiary alicyclic amines) is 1. The largest absolute Gasteiger partial charge is 0.454 e. The number of aromatic nitrogens is 2. The molecule has 25 heavy (non-hydrogen) atoms. The van der Waals surface area contributed by atoms with E-state index in [1.807, 2.05) is 23.2 Å². The maximum absolute atomic E-state index is 12.6. The summed E-state index contributed by atoms with van der Waals surface area (Å²) in [7, 11) is 0. The van der Waals surface area contributed by atoms with Gasteiger partial charge in [0, 0.05) is 25.5 Å². The molecule has 0 radical (unpaired) electrons. The second kappa shape index (κ2) is 7.87. The number of aliphatic hydroxyl groups is 1. The average Bonchev–Trinajstić information content (AvgIpc) is 3.26. The number of carbonyl (C=O) groups excluding carboxylic acids is 1. The molecule has 0 bridgehead atoms. The van der Waals surface area contributed by atoms with Crippen LogP contribution in [0, 0.1) is 11.8 Å². The Hall–Kier alpha value is -2.08. The summed E-state index contributed by atoms with van der Waals surface area (Å²) in [5, 5.41) is 14.4. The van der Waals surface area contributed by atoms with E-state index in [-0.39, 0.29) is 12.0 Å². The Kier molecular flexibility index (Phi) is 5.58. The van der Waals surface area contributed by atoms with Crippen LogP contribution in [0.5, 0.6) is 0 Å². The Morgan fingerprint density at radius 2 is 2.12 bits per heavy atom. The molecule has 0 aliphatic carbocycles. The number of piperidine rings is 1. The lowest BCUT2D eigenvalue weighted by Gasteiger charge is -2.34. The molecular weight excluding hydrogens is 318 g/mol. The van der Waals surface area contributed by atoms with E-state index < -0.39 is 0 Å². The lowest BCUT2D eigenvalue weighted by molar-refractivity contribution is 0.0369. The Morgan fingerprint density at radius 1 is 1.36 bits per heavy atom. The third-order valence-corrected chi connectivity index (χ3v) is 4.83. The van der Waals surface area contributed by atoms with Crippen LogP contribution in [0.4, 0.5) is 0 Å². The molecule has 0 aromatic carbocycles. The molecular formula is C19H27N3O3. The smallest absolute Gasteiger partial charge is 0.289 e. The highest BCUT2D eigenvalue weighted by molar-refractivity contribution is 5.91. The first kappa shape index (κ1) is 17.7. The lowest BCUT2D eigenvalue weighted by atomic mass is 9.87. The van der Waals surface area contributed by atoms with E-state index in [1.165, 1.54) is 0 Å². The van der Waals surface area contributed by atoms with Gasteiger partial charge in [0.2, 0.25) is 0 Å². The van der Waals surface area contributed by atoms with Gasteiger partial charge in [0.25, 0.3) is 5.91 Å². The van der Waals surface area contributed by atoms with Crippen molar-refractivity contribution in [3.8, 4) is 0 Å². The van der Waals surface area contributed by atoms with Crippen LogP contribution in [0.2, 0.25) is 0 Å². The van der Waals surface area contributed by atoms with Crippen LogP contribution in [0.1, 0.15) is 49.4 Å². The van der Waals surface area contributed by atoms with Gasteiger partial charge in [-0.05, 0) is 49.3 Å². The van der Waals surface area contributed by atoms with E-state index >= 15 is 0 Å². The standard InChI is InChI=1S/C19H27N3O3/c1-14(2)12-17(23)15-6-10-21(11-7-15)19(24)18-5-4-16(25-18)13-22-9-3-8-20-22/h3-5,8-9,14-15,17,23H,6-7,10-13H2,1-2H3. The summed E-state index contributed by atoms with van der Waals surface area (Å²) in [4.78, 5) is 14.4. The van der Waals surface area contributed by atoms with Gasteiger partial charge in [-0.3, -0.25) is 9.48 Å².